The quantitative estimate of drug-likeness (QED) is 0.686. The molecule has 1 amide bonds. The summed E-state index contributed by atoms with van der Waals surface area (Å²) < 4.78 is 12.5. The maximum Gasteiger partial charge on any atom is 0.257 e. The van der Waals surface area contributed by atoms with E-state index in [1.807, 2.05) is 21.7 Å². The van der Waals surface area contributed by atoms with E-state index in [9.17, 15) is 4.79 Å². The molecule has 3 heterocycles. The molecule has 0 spiro atoms. The summed E-state index contributed by atoms with van der Waals surface area (Å²) in [6, 6.07) is 9.22. The van der Waals surface area contributed by atoms with Crippen LogP contribution in [0.15, 0.2) is 36.5 Å². The molecule has 2 N–H and O–H groups in total. The second-order valence-corrected chi connectivity index (χ2v) is 7.07. The van der Waals surface area contributed by atoms with E-state index in [0.29, 0.717) is 43.2 Å². The summed E-state index contributed by atoms with van der Waals surface area (Å²) in [7, 11) is 3.15. The van der Waals surface area contributed by atoms with Crippen LogP contribution in [-0.4, -0.2) is 59.4 Å². The minimum atomic E-state index is -0.0629. The summed E-state index contributed by atoms with van der Waals surface area (Å²) in [5, 5.41) is 5.81. The second kappa shape index (κ2) is 8.08. The molecule has 0 bridgehead atoms. The summed E-state index contributed by atoms with van der Waals surface area (Å²) in [5.41, 5.74) is 8.06. The number of likely N-dealkylation sites (tertiary alicyclic amines) is 1. The van der Waals surface area contributed by atoms with E-state index in [1.165, 1.54) is 0 Å². The van der Waals surface area contributed by atoms with Gasteiger partial charge in [-0.1, -0.05) is 0 Å². The van der Waals surface area contributed by atoms with Gasteiger partial charge >= 0.3 is 0 Å². The molecule has 0 aliphatic carbocycles. The van der Waals surface area contributed by atoms with Gasteiger partial charge < -0.3 is 20.1 Å². The number of amides is 1. The van der Waals surface area contributed by atoms with Crippen molar-refractivity contribution in [2.45, 2.75) is 18.9 Å². The van der Waals surface area contributed by atoms with Crippen LogP contribution in [0.2, 0.25) is 0 Å². The number of nitrogens with zero attached hydrogens (tertiary/aromatic N) is 4. The van der Waals surface area contributed by atoms with Crippen molar-refractivity contribution in [2.75, 3.05) is 33.9 Å². The first-order valence-electron chi connectivity index (χ1n) is 9.69. The van der Waals surface area contributed by atoms with Gasteiger partial charge in [-0.3, -0.25) is 4.79 Å². The lowest BCUT2D eigenvalue weighted by Crippen LogP contribution is -2.29. The molecule has 1 saturated heterocycles. The van der Waals surface area contributed by atoms with E-state index in [-0.39, 0.29) is 11.8 Å². The maximum absolute atomic E-state index is 13.2. The first kappa shape index (κ1) is 19.2. The van der Waals surface area contributed by atoms with Crippen LogP contribution in [-0.2, 0) is 6.54 Å². The average molecular weight is 395 g/mol. The van der Waals surface area contributed by atoms with Gasteiger partial charge in [0.25, 0.3) is 5.91 Å². The second-order valence-electron chi connectivity index (χ2n) is 7.07. The Morgan fingerprint density at radius 1 is 1.28 bits per heavy atom. The number of ether oxygens (including phenoxy) is 2. The molecule has 8 heteroatoms. The number of rotatable bonds is 6. The number of methoxy groups -OCH3 is 2. The minimum Gasteiger partial charge on any atom is -0.497 e. The van der Waals surface area contributed by atoms with E-state index in [1.54, 1.807) is 38.6 Å². The molecule has 29 heavy (non-hydrogen) atoms. The predicted molar refractivity (Wildman–Crippen MR) is 109 cm³/mol. The summed E-state index contributed by atoms with van der Waals surface area (Å²) >= 11 is 0. The normalized spacial score (nSPS) is 16.4. The number of carbonyl (C=O) groups excluding carboxylic acids is 1. The number of fused-ring (bicyclic) bond motifs is 1. The molecule has 1 aromatic carbocycles. The molecule has 1 aliphatic heterocycles. The van der Waals surface area contributed by atoms with Crippen molar-refractivity contribution in [1.29, 1.82) is 0 Å². The molecule has 1 atom stereocenters. The molecular formula is C21H25N5O3. The Hall–Kier alpha value is -3.13. The molecule has 1 fully saturated rings. The zero-order chi connectivity index (χ0) is 20.4. The summed E-state index contributed by atoms with van der Waals surface area (Å²) in [4.78, 5) is 19.5. The summed E-state index contributed by atoms with van der Waals surface area (Å²) in [5.74, 6) is 1.26. The van der Waals surface area contributed by atoms with Gasteiger partial charge in [-0.05, 0) is 36.8 Å². The lowest BCUT2D eigenvalue weighted by Gasteiger charge is -2.18. The topological polar surface area (TPSA) is 95.5 Å². The molecule has 1 aliphatic rings. The van der Waals surface area contributed by atoms with Crippen molar-refractivity contribution in [3.63, 3.8) is 0 Å². The van der Waals surface area contributed by atoms with E-state index in [2.05, 4.69) is 4.98 Å². The Morgan fingerprint density at radius 3 is 2.90 bits per heavy atom. The third-order valence-corrected chi connectivity index (χ3v) is 5.38. The highest BCUT2D eigenvalue weighted by Crippen LogP contribution is 2.33. The van der Waals surface area contributed by atoms with Gasteiger partial charge in [0, 0.05) is 37.1 Å². The fraction of sp³-hybridized carbons (Fsp3) is 0.381. The van der Waals surface area contributed by atoms with Crippen molar-refractivity contribution in [1.82, 2.24) is 19.7 Å². The molecular weight excluding hydrogens is 370 g/mol. The summed E-state index contributed by atoms with van der Waals surface area (Å²) in [6.07, 6.45) is 2.61. The van der Waals surface area contributed by atoms with Crippen molar-refractivity contribution < 1.29 is 14.3 Å². The number of hydrogen-bond donors (Lipinski definition) is 1. The predicted octanol–water partition coefficient (Wildman–Crippen LogP) is 2.04. The Balaban J connectivity index is 1.60. The van der Waals surface area contributed by atoms with Crippen LogP contribution in [0.3, 0.4) is 0 Å². The number of nitrogens with two attached hydrogens (primary N) is 1. The molecule has 8 nitrogen and oxygen atoms in total. The van der Waals surface area contributed by atoms with Gasteiger partial charge in [-0.25, -0.2) is 9.67 Å². The van der Waals surface area contributed by atoms with Gasteiger partial charge in [-0.2, -0.15) is 5.10 Å². The first-order chi connectivity index (χ1) is 14.2. The number of benzene rings is 1. The molecule has 0 unspecified atom stereocenters. The SMILES string of the molecule is COc1ccc(OC)c(C(=O)N2CC[C@@H](c3nn(CCN)c4ncccc34)C2)c1. The van der Waals surface area contributed by atoms with Crippen LogP contribution >= 0.6 is 0 Å². The number of aromatic nitrogens is 3. The highest BCUT2D eigenvalue weighted by Gasteiger charge is 2.32. The van der Waals surface area contributed by atoms with E-state index in [4.69, 9.17) is 20.3 Å². The number of carbonyl (C=O) groups is 1. The maximum atomic E-state index is 13.2. The van der Waals surface area contributed by atoms with Crippen LogP contribution in [0.4, 0.5) is 0 Å². The largest absolute Gasteiger partial charge is 0.497 e. The smallest absolute Gasteiger partial charge is 0.257 e. The fourth-order valence-electron chi connectivity index (χ4n) is 3.93. The Kier molecular flexibility index (Phi) is 5.35. The van der Waals surface area contributed by atoms with Crippen LogP contribution in [0, 0.1) is 0 Å². The lowest BCUT2D eigenvalue weighted by molar-refractivity contribution is 0.0787. The molecule has 0 saturated carbocycles. The van der Waals surface area contributed by atoms with E-state index >= 15 is 0 Å². The Morgan fingerprint density at radius 2 is 2.14 bits per heavy atom. The van der Waals surface area contributed by atoms with Crippen LogP contribution in [0.25, 0.3) is 11.0 Å². The molecule has 4 rings (SSSR count). The van der Waals surface area contributed by atoms with Crippen molar-refractivity contribution in [2.24, 2.45) is 5.73 Å². The van der Waals surface area contributed by atoms with Crippen LogP contribution in [0.5, 0.6) is 11.5 Å². The highest BCUT2D eigenvalue weighted by atomic mass is 16.5. The van der Waals surface area contributed by atoms with Crippen LogP contribution < -0.4 is 15.2 Å². The molecule has 2 aromatic heterocycles. The van der Waals surface area contributed by atoms with E-state index < -0.39 is 0 Å². The fourth-order valence-corrected chi connectivity index (χ4v) is 3.93. The standard InChI is InChI=1S/C21H25N5O3/c1-28-15-5-6-18(29-2)17(12-15)21(27)25-10-7-14(13-25)19-16-4-3-9-23-20(16)26(24-19)11-8-22/h3-6,9,12,14H,7-8,10-11,13,22H2,1-2H3/t14-/m1/s1. The first-order valence-corrected chi connectivity index (χ1v) is 9.69. The third kappa shape index (κ3) is 3.51. The third-order valence-electron chi connectivity index (χ3n) is 5.38. The van der Waals surface area contributed by atoms with Crippen molar-refractivity contribution in [3.05, 3.63) is 47.8 Å². The minimum absolute atomic E-state index is 0.0629. The summed E-state index contributed by atoms with van der Waals surface area (Å²) in [6.45, 7) is 2.37. The van der Waals surface area contributed by atoms with Crippen LogP contribution in [0.1, 0.15) is 28.4 Å². The zero-order valence-electron chi connectivity index (χ0n) is 16.7. The molecule has 3 aromatic rings. The average Bonchev–Trinajstić information content (AvgIpc) is 3.38. The highest BCUT2D eigenvalue weighted by molar-refractivity contribution is 5.97. The number of hydrogen-bond acceptors (Lipinski definition) is 6. The lowest BCUT2D eigenvalue weighted by atomic mass is 10.0. The van der Waals surface area contributed by atoms with Crippen molar-refractivity contribution >= 4 is 16.9 Å². The Bertz CT molecular complexity index is 1030. The monoisotopic (exact) mass is 395 g/mol. The molecule has 0 radical (unpaired) electrons. The Labute approximate surface area is 169 Å². The van der Waals surface area contributed by atoms with Gasteiger partial charge in [0.05, 0.1) is 32.0 Å². The van der Waals surface area contributed by atoms with Crippen molar-refractivity contribution in [3.8, 4) is 11.5 Å². The van der Waals surface area contributed by atoms with Gasteiger partial charge in [0.2, 0.25) is 0 Å². The van der Waals surface area contributed by atoms with E-state index in [0.717, 1.165) is 23.1 Å². The van der Waals surface area contributed by atoms with Gasteiger partial charge in [0.1, 0.15) is 11.5 Å². The van der Waals surface area contributed by atoms with Gasteiger partial charge in [-0.15, -0.1) is 0 Å². The number of pyridine rings is 1. The zero-order valence-corrected chi connectivity index (χ0v) is 16.7. The van der Waals surface area contributed by atoms with Gasteiger partial charge in [0.15, 0.2) is 5.65 Å². The molecule has 152 valence electrons.